The van der Waals surface area contributed by atoms with Crippen molar-refractivity contribution in [2.75, 3.05) is 13.1 Å². The summed E-state index contributed by atoms with van der Waals surface area (Å²) in [5.41, 5.74) is 0. The van der Waals surface area contributed by atoms with E-state index in [1.807, 2.05) is 0 Å². The van der Waals surface area contributed by atoms with Crippen LogP contribution >= 0.6 is 0 Å². The number of carbonyl (C=O) groups is 1. The van der Waals surface area contributed by atoms with E-state index in [-0.39, 0.29) is 13.0 Å². The molecule has 0 amide bonds. The van der Waals surface area contributed by atoms with E-state index in [1.54, 1.807) is 0 Å². The standard InChI is InChI=1S/C5H11NO5/c7-4(8)1-2-6-3-5(9,10)11/h6,9-11H,1-3H2,(H,7,8). The van der Waals surface area contributed by atoms with Gasteiger partial charge >= 0.3 is 5.97 Å². The molecule has 0 aromatic rings. The Morgan fingerprint density at radius 3 is 2.27 bits per heavy atom. The highest BCUT2D eigenvalue weighted by atomic mass is 16.7. The zero-order valence-corrected chi connectivity index (χ0v) is 5.82. The van der Waals surface area contributed by atoms with Crippen molar-refractivity contribution in [1.29, 1.82) is 0 Å². The van der Waals surface area contributed by atoms with Crippen LogP contribution in [0.4, 0.5) is 0 Å². The van der Waals surface area contributed by atoms with Crippen molar-refractivity contribution >= 4 is 5.97 Å². The predicted octanol–water partition coefficient (Wildman–Crippen LogP) is -2.32. The second-order valence-corrected chi connectivity index (χ2v) is 2.09. The summed E-state index contributed by atoms with van der Waals surface area (Å²) in [6.45, 7) is -0.390. The van der Waals surface area contributed by atoms with Gasteiger partial charge in [0, 0.05) is 6.54 Å². The molecule has 11 heavy (non-hydrogen) atoms. The fourth-order valence-corrected chi connectivity index (χ4v) is 0.451. The summed E-state index contributed by atoms with van der Waals surface area (Å²) in [5.74, 6) is -3.75. The largest absolute Gasteiger partial charge is 0.481 e. The van der Waals surface area contributed by atoms with Crippen molar-refractivity contribution in [1.82, 2.24) is 5.32 Å². The maximum Gasteiger partial charge on any atom is 0.304 e. The van der Waals surface area contributed by atoms with Crippen LogP contribution < -0.4 is 5.32 Å². The first-order chi connectivity index (χ1) is 4.92. The van der Waals surface area contributed by atoms with Crippen LogP contribution in [0.2, 0.25) is 0 Å². The van der Waals surface area contributed by atoms with Gasteiger partial charge in [-0.1, -0.05) is 0 Å². The molecule has 0 aromatic carbocycles. The van der Waals surface area contributed by atoms with Crippen molar-refractivity contribution in [3.63, 3.8) is 0 Å². The summed E-state index contributed by atoms with van der Waals surface area (Å²) in [6, 6.07) is 0. The molecule has 5 N–H and O–H groups in total. The van der Waals surface area contributed by atoms with Crippen molar-refractivity contribution in [2.45, 2.75) is 12.4 Å². The minimum absolute atomic E-state index is 0.0821. The molecule has 0 bridgehead atoms. The van der Waals surface area contributed by atoms with Gasteiger partial charge in [0.2, 0.25) is 0 Å². The summed E-state index contributed by atoms with van der Waals surface area (Å²) in [7, 11) is 0. The highest BCUT2D eigenvalue weighted by molar-refractivity contribution is 5.66. The molecule has 0 heterocycles. The molecular weight excluding hydrogens is 154 g/mol. The number of carboxylic acid groups (broad SMARTS) is 1. The molecule has 0 saturated heterocycles. The van der Waals surface area contributed by atoms with Crippen molar-refractivity contribution in [3.05, 3.63) is 0 Å². The summed E-state index contributed by atoms with van der Waals surface area (Å²) >= 11 is 0. The van der Waals surface area contributed by atoms with Gasteiger partial charge in [-0.2, -0.15) is 0 Å². The van der Waals surface area contributed by atoms with Crippen LogP contribution in [0.1, 0.15) is 6.42 Å². The number of hydrogen-bond acceptors (Lipinski definition) is 5. The lowest BCUT2D eigenvalue weighted by atomic mass is 10.4. The molecule has 0 aliphatic heterocycles. The number of nitrogens with one attached hydrogen (secondary N) is 1. The Morgan fingerprint density at radius 2 is 1.91 bits per heavy atom. The van der Waals surface area contributed by atoms with Crippen molar-refractivity contribution < 1.29 is 25.2 Å². The minimum Gasteiger partial charge on any atom is -0.481 e. The van der Waals surface area contributed by atoms with E-state index in [4.69, 9.17) is 20.4 Å². The maximum atomic E-state index is 9.90. The lowest BCUT2D eigenvalue weighted by molar-refractivity contribution is -0.306. The Kier molecular flexibility index (Phi) is 3.98. The number of aliphatic hydroxyl groups is 3. The molecule has 0 unspecified atom stereocenters. The summed E-state index contributed by atoms with van der Waals surface area (Å²) in [6.07, 6.45) is -0.129. The second kappa shape index (κ2) is 4.24. The zero-order valence-electron chi connectivity index (χ0n) is 5.82. The third-order valence-electron chi connectivity index (χ3n) is 0.878. The van der Waals surface area contributed by atoms with Crippen LogP contribution in [-0.2, 0) is 4.79 Å². The van der Waals surface area contributed by atoms with Gasteiger partial charge < -0.3 is 25.7 Å². The molecule has 0 fully saturated rings. The molecule has 0 saturated carbocycles. The summed E-state index contributed by atoms with van der Waals surface area (Å²) < 4.78 is 0. The Labute approximate surface area is 63.1 Å². The quantitative estimate of drug-likeness (QED) is 0.231. The molecule has 0 rings (SSSR count). The first-order valence-corrected chi connectivity index (χ1v) is 3.01. The first-order valence-electron chi connectivity index (χ1n) is 3.01. The van der Waals surface area contributed by atoms with Crippen molar-refractivity contribution in [2.24, 2.45) is 0 Å². The maximum absolute atomic E-state index is 9.90. The van der Waals surface area contributed by atoms with Crippen LogP contribution in [0.5, 0.6) is 0 Å². The molecular formula is C5H11NO5. The van der Waals surface area contributed by atoms with Gasteiger partial charge in [-0.25, -0.2) is 0 Å². The number of carboxylic acids is 1. The molecule has 6 nitrogen and oxygen atoms in total. The fourth-order valence-electron chi connectivity index (χ4n) is 0.451. The Hall–Kier alpha value is -0.690. The van der Waals surface area contributed by atoms with E-state index in [0.717, 1.165) is 0 Å². The van der Waals surface area contributed by atoms with E-state index in [0.29, 0.717) is 0 Å². The van der Waals surface area contributed by atoms with E-state index < -0.39 is 18.5 Å². The molecule has 0 aliphatic carbocycles. The molecule has 0 radical (unpaired) electrons. The normalized spacial score (nSPS) is 11.5. The van der Waals surface area contributed by atoms with E-state index in [2.05, 4.69) is 5.32 Å². The SMILES string of the molecule is O=C(O)CCNCC(O)(O)O. The van der Waals surface area contributed by atoms with Crippen molar-refractivity contribution in [3.8, 4) is 0 Å². The highest BCUT2D eigenvalue weighted by Crippen LogP contribution is 1.87. The van der Waals surface area contributed by atoms with Crippen LogP contribution in [0.25, 0.3) is 0 Å². The molecule has 0 atom stereocenters. The molecule has 6 heteroatoms. The van der Waals surface area contributed by atoms with Gasteiger partial charge in [0.1, 0.15) is 0 Å². The van der Waals surface area contributed by atoms with Crippen LogP contribution in [0.15, 0.2) is 0 Å². The third-order valence-corrected chi connectivity index (χ3v) is 0.878. The monoisotopic (exact) mass is 165 g/mol. The average molecular weight is 165 g/mol. The predicted molar refractivity (Wildman–Crippen MR) is 34.5 cm³/mol. The number of rotatable bonds is 5. The van der Waals surface area contributed by atoms with Gasteiger partial charge in [-0.15, -0.1) is 0 Å². The van der Waals surface area contributed by atoms with E-state index in [1.165, 1.54) is 0 Å². The lowest BCUT2D eigenvalue weighted by Crippen LogP contribution is -2.40. The summed E-state index contributed by atoms with van der Waals surface area (Å²) in [5, 5.41) is 35.3. The van der Waals surface area contributed by atoms with Gasteiger partial charge in [0.15, 0.2) is 0 Å². The molecule has 0 aromatic heterocycles. The molecule has 0 spiro atoms. The molecule has 0 aliphatic rings. The zero-order chi connectivity index (χ0) is 8.91. The van der Waals surface area contributed by atoms with Gasteiger partial charge in [-0.05, 0) is 0 Å². The van der Waals surface area contributed by atoms with Gasteiger partial charge in [-0.3, -0.25) is 4.79 Å². The van der Waals surface area contributed by atoms with E-state index >= 15 is 0 Å². The number of hydrogen-bond donors (Lipinski definition) is 5. The first kappa shape index (κ1) is 10.3. The Morgan fingerprint density at radius 1 is 1.36 bits per heavy atom. The van der Waals surface area contributed by atoms with E-state index in [9.17, 15) is 4.79 Å². The minimum atomic E-state index is -2.77. The lowest BCUT2D eigenvalue weighted by Gasteiger charge is -2.13. The summed E-state index contributed by atoms with van der Waals surface area (Å²) in [4.78, 5) is 9.90. The Bertz CT molecular complexity index is 129. The van der Waals surface area contributed by atoms with Crippen LogP contribution in [-0.4, -0.2) is 45.5 Å². The second-order valence-electron chi connectivity index (χ2n) is 2.09. The molecule has 66 valence electrons. The van der Waals surface area contributed by atoms with Crippen LogP contribution in [0, 0.1) is 0 Å². The Balaban J connectivity index is 3.22. The fraction of sp³-hybridized carbons (Fsp3) is 0.800. The highest BCUT2D eigenvalue weighted by Gasteiger charge is 2.16. The number of aliphatic carboxylic acids is 1. The van der Waals surface area contributed by atoms with Gasteiger partial charge in [0.05, 0.1) is 13.0 Å². The van der Waals surface area contributed by atoms with Crippen LogP contribution in [0.3, 0.4) is 0 Å². The van der Waals surface area contributed by atoms with Gasteiger partial charge in [0.25, 0.3) is 5.97 Å². The smallest absolute Gasteiger partial charge is 0.304 e. The topological polar surface area (TPSA) is 110 Å². The average Bonchev–Trinajstić information content (AvgIpc) is 1.78. The third kappa shape index (κ3) is 9.31.